The maximum absolute atomic E-state index is 14.8. The van der Waals surface area contributed by atoms with E-state index in [-0.39, 0.29) is 23.8 Å². The number of anilines is 2. The lowest BCUT2D eigenvalue weighted by Gasteiger charge is -2.41. The van der Waals surface area contributed by atoms with Crippen molar-refractivity contribution in [1.82, 2.24) is 15.3 Å². The molecule has 2 N–H and O–H groups in total. The van der Waals surface area contributed by atoms with E-state index in [4.69, 9.17) is 0 Å². The van der Waals surface area contributed by atoms with Crippen LogP contribution in [0.15, 0.2) is 30.5 Å². The Balaban J connectivity index is 1.43. The maximum Gasteiger partial charge on any atom is 0.270 e. The summed E-state index contributed by atoms with van der Waals surface area (Å²) in [6.07, 6.45) is 7.23. The van der Waals surface area contributed by atoms with Crippen molar-refractivity contribution in [3.05, 3.63) is 47.5 Å². The summed E-state index contributed by atoms with van der Waals surface area (Å²) in [7, 11) is 0. The Bertz CT molecular complexity index is 987. The summed E-state index contributed by atoms with van der Waals surface area (Å²) in [5, 5.41) is 13.3. The van der Waals surface area contributed by atoms with Crippen molar-refractivity contribution in [2.45, 2.75) is 70.6 Å². The number of benzene rings is 1. The van der Waals surface area contributed by atoms with Crippen LogP contribution in [0.5, 0.6) is 0 Å². The summed E-state index contributed by atoms with van der Waals surface area (Å²) in [6.45, 7) is 7.15. The first-order chi connectivity index (χ1) is 15.7. The molecule has 2 aliphatic rings. The number of nitrogens with one attached hydrogen (secondary N) is 1. The molecule has 33 heavy (non-hydrogen) atoms. The predicted molar refractivity (Wildman–Crippen MR) is 127 cm³/mol. The molecule has 0 bridgehead atoms. The summed E-state index contributed by atoms with van der Waals surface area (Å²) in [5.74, 6) is 0.0370. The highest BCUT2D eigenvalue weighted by Gasteiger charge is 2.28. The first-order valence-electron chi connectivity index (χ1n) is 11.9. The molecule has 2 fully saturated rings. The van der Waals surface area contributed by atoms with E-state index < -0.39 is 5.60 Å². The topological polar surface area (TPSA) is 81.6 Å². The van der Waals surface area contributed by atoms with Gasteiger partial charge in [0.2, 0.25) is 5.95 Å². The van der Waals surface area contributed by atoms with E-state index in [0.29, 0.717) is 42.5 Å². The van der Waals surface area contributed by atoms with Gasteiger partial charge in [-0.25, -0.2) is 14.4 Å². The van der Waals surface area contributed by atoms with Crippen LogP contribution in [0, 0.1) is 5.82 Å². The van der Waals surface area contributed by atoms with Crippen LogP contribution in [-0.2, 0) is 5.60 Å². The van der Waals surface area contributed by atoms with E-state index in [1.54, 1.807) is 38.2 Å². The van der Waals surface area contributed by atoms with E-state index >= 15 is 0 Å². The Kier molecular flexibility index (Phi) is 6.83. The molecular weight excluding hydrogens is 421 g/mol. The van der Waals surface area contributed by atoms with Crippen molar-refractivity contribution < 1.29 is 14.3 Å². The number of amides is 1. The second kappa shape index (κ2) is 9.63. The monoisotopic (exact) mass is 455 g/mol. The number of carbonyl (C=O) groups excluding carboxylic acids is 1. The Labute approximate surface area is 195 Å². The number of rotatable bonds is 5. The van der Waals surface area contributed by atoms with Crippen molar-refractivity contribution in [3.63, 3.8) is 0 Å². The van der Waals surface area contributed by atoms with Gasteiger partial charge < -0.3 is 20.2 Å². The highest BCUT2D eigenvalue weighted by atomic mass is 19.1. The standard InChI is InChI=1S/C25H34FN5O2/c1-17-16-30(22-10-9-18(15-20(22)26)25(2,3)33)13-14-31(17)24-27-12-11-21(29-24)23(32)28-19-7-5-4-6-8-19/h9-12,15,17,19,33H,4-8,13-14,16H2,1-3H3,(H,28,32)/t17-/m1/s1. The Morgan fingerprint density at radius 3 is 2.61 bits per heavy atom. The van der Waals surface area contributed by atoms with Crippen LogP contribution in [0.25, 0.3) is 0 Å². The van der Waals surface area contributed by atoms with E-state index in [1.807, 2.05) is 11.8 Å². The number of piperazine rings is 1. The van der Waals surface area contributed by atoms with Crippen molar-refractivity contribution >= 4 is 17.5 Å². The second-order valence-corrected chi connectivity index (χ2v) is 9.76. The van der Waals surface area contributed by atoms with Crippen molar-refractivity contribution in [3.8, 4) is 0 Å². The molecule has 1 amide bonds. The van der Waals surface area contributed by atoms with E-state index in [1.165, 1.54) is 12.5 Å². The summed E-state index contributed by atoms with van der Waals surface area (Å²) < 4.78 is 14.8. The van der Waals surface area contributed by atoms with E-state index in [0.717, 1.165) is 25.7 Å². The van der Waals surface area contributed by atoms with Crippen LogP contribution >= 0.6 is 0 Å². The summed E-state index contributed by atoms with van der Waals surface area (Å²) in [4.78, 5) is 25.7. The highest BCUT2D eigenvalue weighted by Crippen LogP contribution is 2.28. The van der Waals surface area contributed by atoms with E-state index in [2.05, 4.69) is 20.2 Å². The number of carbonyl (C=O) groups is 1. The van der Waals surface area contributed by atoms with Crippen molar-refractivity contribution in [2.75, 3.05) is 29.4 Å². The Morgan fingerprint density at radius 2 is 1.94 bits per heavy atom. The second-order valence-electron chi connectivity index (χ2n) is 9.76. The van der Waals surface area contributed by atoms with Gasteiger partial charge in [0.05, 0.1) is 11.3 Å². The van der Waals surface area contributed by atoms with Gasteiger partial charge in [0, 0.05) is 37.9 Å². The molecule has 0 spiro atoms. The molecule has 1 aromatic carbocycles. The number of hydrogen-bond donors (Lipinski definition) is 2. The number of nitrogens with zero attached hydrogens (tertiary/aromatic N) is 4. The van der Waals surface area contributed by atoms with Gasteiger partial charge in [0.15, 0.2) is 0 Å². The van der Waals surface area contributed by atoms with Crippen LogP contribution in [-0.4, -0.2) is 52.7 Å². The fourth-order valence-corrected chi connectivity index (χ4v) is 4.74. The number of halogens is 1. The zero-order valence-corrected chi connectivity index (χ0v) is 19.7. The largest absolute Gasteiger partial charge is 0.386 e. The van der Waals surface area contributed by atoms with Crippen LogP contribution in [0.2, 0.25) is 0 Å². The molecular formula is C25H34FN5O2. The van der Waals surface area contributed by atoms with Gasteiger partial charge in [0.25, 0.3) is 5.91 Å². The molecule has 178 valence electrons. The lowest BCUT2D eigenvalue weighted by Crippen LogP contribution is -2.53. The molecule has 0 unspecified atom stereocenters. The van der Waals surface area contributed by atoms with Crippen LogP contribution in [0.3, 0.4) is 0 Å². The molecule has 1 saturated heterocycles. The van der Waals surface area contributed by atoms with Gasteiger partial charge in [0.1, 0.15) is 11.5 Å². The van der Waals surface area contributed by atoms with Crippen LogP contribution in [0.4, 0.5) is 16.0 Å². The number of aromatic nitrogens is 2. The molecule has 0 radical (unpaired) electrons. The average Bonchev–Trinajstić information content (AvgIpc) is 2.79. The smallest absolute Gasteiger partial charge is 0.270 e. The third kappa shape index (κ3) is 5.43. The summed E-state index contributed by atoms with van der Waals surface area (Å²) in [5.41, 5.74) is 0.369. The highest BCUT2D eigenvalue weighted by molar-refractivity contribution is 5.92. The van der Waals surface area contributed by atoms with Gasteiger partial charge in [-0.1, -0.05) is 25.3 Å². The summed E-state index contributed by atoms with van der Waals surface area (Å²) >= 11 is 0. The fraction of sp³-hybridized carbons (Fsp3) is 0.560. The molecule has 1 saturated carbocycles. The van der Waals surface area contributed by atoms with E-state index in [9.17, 15) is 14.3 Å². The third-order valence-corrected chi connectivity index (χ3v) is 6.70. The molecule has 1 aliphatic heterocycles. The first-order valence-corrected chi connectivity index (χ1v) is 11.9. The molecule has 7 nitrogen and oxygen atoms in total. The average molecular weight is 456 g/mol. The van der Waals surface area contributed by atoms with Crippen molar-refractivity contribution in [2.24, 2.45) is 0 Å². The quantitative estimate of drug-likeness (QED) is 0.717. The lowest BCUT2D eigenvalue weighted by molar-refractivity contribution is 0.0782. The summed E-state index contributed by atoms with van der Waals surface area (Å²) in [6, 6.07) is 6.82. The maximum atomic E-state index is 14.8. The lowest BCUT2D eigenvalue weighted by atomic mass is 9.95. The molecule has 1 atom stereocenters. The minimum absolute atomic E-state index is 0.0313. The van der Waals surface area contributed by atoms with Crippen molar-refractivity contribution in [1.29, 1.82) is 0 Å². The molecule has 1 aromatic heterocycles. The van der Waals surface area contributed by atoms with Gasteiger partial charge >= 0.3 is 0 Å². The molecule has 1 aliphatic carbocycles. The first kappa shape index (κ1) is 23.4. The molecule has 4 rings (SSSR count). The molecule has 2 heterocycles. The fourth-order valence-electron chi connectivity index (χ4n) is 4.74. The van der Waals surface area contributed by atoms with Crippen LogP contribution < -0.4 is 15.1 Å². The van der Waals surface area contributed by atoms with Crippen LogP contribution in [0.1, 0.15) is 68.9 Å². The van der Waals surface area contributed by atoms with Gasteiger partial charge in [-0.2, -0.15) is 0 Å². The molecule has 8 heteroatoms. The number of aliphatic hydroxyl groups is 1. The molecule has 2 aromatic rings. The number of hydrogen-bond acceptors (Lipinski definition) is 6. The zero-order chi connectivity index (χ0) is 23.6. The Hall–Kier alpha value is -2.74. The van der Waals surface area contributed by atoms with Gasteiger partial charge in [-0.15, -0.1) is 0 Å². The minimum Gasteiger partial charge on any atom is -0.386 e. The minimum atomic E-state index is -1.09. The normalized spacial score (nSPS) is 20.1. The van der Waals surface area contributed by atoms with Gasteiger partial charge in [-0.3, -0.25) is 4.79 Å². The Morgan fingerprint density at radius 1 is 1.18 bits per heavy atom. The predicted octanol–water partition coefficient (Wildman–Crippen LogP) is 3.62. The third-order valence-electron chi connectivity index (χ3n) is 6.70. The zero-order valence-electron chi connectivity index (χ0n) is 19.7. The van der Waals surface area contributed by atoms with Gasteiger partial charge in [-0.05, 0) is 57.4 Å². The SMILES string of the molecule is C[C@@H]1CN(c2ccc(C(C)(C)O)cc2F)CCN1c1nccc(C(=O)NC2CCCCC2)n1.